The highest BCUT2D eigenvalue weighted by Crippen LogP contribution is 2.34. The Hall–Kier alpha value is -4.36. The van der Waals surface area contributed by atoms with Gasteiger partial charge in [0.2, 0.25) is 5.91 Å². The first-order valence-corrected chi connectivity index (χ1v) is 12.6. The van der Waals surface area contributed by atoms with E-state index in [-0.39, 0.29) is 11.4 Å². The highest BCUT2D eigenvalue weighted by Gasteiger charge is 2.36. The number of thioether (sulfide) groups is 1. The van der Waals surface area contributed by atoms with Gasteiger partial charge < -0.3 is 10.1 Å². The third kappa shape index (κ3) is 5.73. The molecule has 1 fully saturated rings. The minimum Gasteiger partial charge on any atom is -0.488 e. The highest BCUT2D eigenvalue weighted by atomic mass is 32.2. The van der Waals surface area contributed by atoms with Crippen molar-refractivity contribution in [3.63, 3.8) is 0 Å². The van der Waals surface area contributed by atoms with Crippen LogP contribution in [0.3, 0.4) is 0 Å². The van der Waals surface area contributed by atoms with Crippen molar-refractivity contribution in [3.8, 4) is 5.75 Å². The van der Waals surface area contributed by atoms with Crippen LogP contribution in [-0.4, -0.2) is 28.5 Å². The second kappa shape index (κ2) is 10.7. The lowest BCUT2D eigenvalue weighted by atomic mass is 10.1. The van der Waals surface area contributed by atoms with Crippen molar-refractivity contribution in [2.45, 2.75) is 13.5 Å². The van der Waals surface area contributed by atoms with Crippen molar-refractivity contribution in [1.29, 1.82) is 0 Å². The van der Waals surface area contributed by atoms with E-state index in [0.717, 1.165) is 38.6 Å². The van der Waals surface area contributed by atoms with Crippen molar-refractivity contribution in [1.82, 2.24) is 4.90 Å². The molecule has 5 rings (SSSR count). The molecule has 3 amide bonds. The number of para-hydroxylation sites is 1. The Morgan fingerprint density at radius 3 is 2.54 bits per heavy atom. The van der Waals surface area contributed by atoms with Gasteiger partial charge in [0.1, 0.15) is 18.9 Å². The Morgan fingerprint density at radius 1 is 0.919 bits per heavy atom. The van der Waals surface area contributed by atoms with Crippen LogP contribution in [0.2, 0.25) is 0 Å². The summed E-state index contributed by atoms with van der Waals surface area (Å²) < 4.78 is 6.08. The van der Waals surface area contributed by atoms with E-state index in [2.05, 4.69) is 29.6 Å². The maximum absolute atomic E-state index is 13.0. The number of hydrogen-bond donors (Lipinski definition) is 1. The number of imide groups is 1. The van der Waals surface area contributed by atoms with E-state index < -0.39 is 17.1 Å². The van der Waals surface area contributed by atoms with Crippen molar-refractivity contribution >= 4 is 51.4 Å². The average Bonchev–Trinajstić information content (AvgIpc) is 3.15. The molecule has 7 heteroatoms. The summed E-state index contributed by atoms with van der Waals surface area (Å²) in [7, 11) is 0. The van der Waals surface area contributed by atoms with Crippen LogP contribution in [0.5, 0.6) is 5.75 Å². The molecule has 0 aliphatic carbocycles. The number of anilines is 1. The van der Waals surface area contributed by atoms with Crippen molar-refractivity contribution in [2.24, 2.45) is 0 Å². The first-order chi connectivity index (χ1) is 18.0. The molecule has 4 aromatic carbocycles. The lowest BCUT2D eigenvalue weighted by Gasteiger charge is -2.13. The number of ether oxygens (including phenoxy) is 1. The number of carbonyl (C=O) groups is 3. The summed E-state index contributed by atoms with van der Waals surface area (Å²) in [4.78, 5) is 39.2. The third-order valence-corrected chi connectivity index (χ3v) is 6.80. The summed E-state index contributed by atoms with van der Waals surface area (Å²) in [6.07, 6.45) is 1.64. The summed E-state index contributed by atoms with van der Waals surface area (Å²) in [5.74, 6) is -0.341. The highest BCUT2D eigenvalue weighted by molar-refractivity contribution is 8.18. The molecule has 4 aromatic rings. The zero-order chi connectivity index (χ0) is 25.8. The number of amides is 3. The van der Waals surface area contributed by atoms with Gasteiger partial charge in [0, 0.05) is 11.3 Å². The van der Waals surface area contributed by atoms with Gasteiger partial charge >= 0.3 is 0 Å². The van der Waals surface area contributed by atoms with E-state index >= 15 is 0 Å². The van der Waals surface area contributed by atoms with E-state index in [1.807, 2.05) is 67.6 Å². The molecule has 0 unspecified atom stereocenters. The largest absolute Gasteiger partial charge is 0.488 e. The van der Waals surface area contributed by atoms with Crippen molar-refractivity contribution < 1.29 is 19.1 Å². The number of aryl methyl sites for hydroxylation is 1. The summed E-state index contributed by atoms with van der Waals surface area (Å²) in [6, 6.07) is 29.0. The number of carbonyl (C=O) groups excluding carboxylic acids is 3. The van der Waals surface area contributed by atoms with Crippen LogP contribution >= 0.6 is 11.8 Å². The molecule has 1 aliphatic rings. The number of hydrogen-bond acceptors (Lipinski definition) is 5. The van der Waals surface area contributed by atoms with Crippen LogP contribution in [0, 0.1) is 6.92 Å². The van der Waals surface area contributed by atoms with Crippen LogP contribution in [-0.2, 0) is 16.2 Å². The Kier molecular flexibility index (Phi) is 7.05. The first kappa shape index (κ1) is 24.3. The minimum absolute atomic E-state index is 0.245. The molecule has 37 heavy (non-hydrogen) atoms. The molecule has 184 valence electrons. The lowest BCUT2D eigenvalue weighted by molar-refractivity contribution is -0.127. The van der Waals surface area contributed by atoms with E-state index in [1.165, 1.54) is 0 Å². The molecule has 0 aromatic heterocycles. The van der Waals surface area contributed by atoms with Gasteiger partial charge in [-0.3, -0.25) is 19.3 Å². The minimum atomic E-state index is -0.501. The number of benzene rings is 4. The molecule has 1 N–H and O–H groups in total. The molecular weight excluding hydrogens is 484 g/mol. The fraction of sp³-hybridized carbons (Fsp3) is 0.100. The molecule has 0 saturated carbocycles. The number of nitrogens with one attached hydrogen (secondary N) is 1. The predicted molar refractivity (Wildman–Crippen MR) is 147 cm³/mol. The van der Waals surface area contributed by atoms with E-state index in [4.69, 9.17) is 4.74 Å². The van der Waals surface area contributed by atoms with Gasteiger partial charge in [-0.15, -0.1) is 0 Å². The molecule has 1 saturated heterocycles. The topological polar surface area (TPSA) is 75.7 Å². The molecule has 0 spiro atoms. The van der Waals surface area contributed by atoms with E-state index in [9.17, 15) is 14.4 Å². The Labute approximate surface area is 218 Å². The maximum atomic E-state index is 13.0. The van der Waals surface area contributed by atoms with Crippen LogP contribution in [0.4, 0.5) is 10.5 Å². The van der Waals surface area contributed by atoms with Gasteiger partial charge in [-0.1, -0.05) is 66.7 Å². The summed E-state index contributed by atoms with van der Waals surface area (Å²) in [5, 5.41) is 4.55. The van der Waals surface area contributed by atoms with Gasteiger partial charge in [-0.05, 0) is 70.9 Å². The molecule has 0 bridgehead atoms. The Bertz CT molecular complexity index is 1550. The quantitative estimate of drug-likeness (QED) is 0.292. The Morgan fingerprint density at radius 2 is 1.70 bits per heavy atom. The lowest BCUT2D eigenvalue weighted by Crippen LogP contribution is -2.36. The summed E-state index contributed by atoms with van der Waals surface area (Å²) in [5.41, 5.74) is 3.31. The normalized spacial score (nSPS) is 14.4. The molecule has 1 heterocycles. The number of fused-ring (bicyclic) bond motifs is 1. The van der Waals surface area contributed by atoms with E-state index in [0.29, 0.717) is 23.6 Å². The Balaban J connectivity index is 1.28. The predicted octanol–water partition coefficient (Wildman–Crippen LogP) is 6.40. The van der Waals surface area contributed by atoms with Crippen LogP contribution < -0.4 is 10.1 Å². The zero-order valence-electron chi connectivity index (χ0n) is 20.1. The molecule has 1 aliphatic heterocycles. The smallest absolute Gasteiger partial charge is 0.294 e. The standard InChI is InChI=1S/C30H24N2O4S/c1-20-7-6-11-25(15-20)31-28(33)18-32-29(34)27(37-30(32)35)17-24-10-4-5-12-26(24)36-19-21-13-14-22-8-2-3-9-23(22)16-21/h2-17H,18-19H2,1H3,(H,31,33)/b27-17-. The van der Waals surface area contributed by atoms with Gasteiger partial charge in [0.25, 0.3) is 11.1 Å². The number of nitrogens with zero attached hydrogens (tertiary/aromatic N) is 1. The van der Waals surface area contributed by atoms with Crippen LogP contribution in [0.25, 0.3) is 16.8 Å². The second-order valence-electron chi connectivity index (χ2n) is 8.69. The van der Waals surface area contributed by atoms with Gasteiger partial charge in [0.05, 0.1) is 4.91 Å². The maximum Gasteiger partial charge on any atom is 0.294 e. The summed E-state index contributed by atoms with van der Waals surface area (Å²) >= 11 is 0.815. The van der Waals surface area contributed by atoms with Crippen LogP contribution in [0.15, 0.2) is 95.9 Å². The van der Waals surface area contributed by atoms with E-state index in [1.54, 1.807) is 12.1 Å². The monoisotopic (exact) mass is 508 g/mol. The van der Waals surface area contributed by atoms with Gasteiger partial charge in [0.15, 0.2) is 0 Å². The fourth-order valence-electron chi connectivity index (χ4n) is 4.07. The van der Waals surface area contributed by atoms with Crippen molar-refractivity contribution in [2.75, 3.05) is 11.9 Å². The fourth-order valence-corrected chi connectivity index (χ4v) is 4.89. The van der Waals surface area contributed by atoms with Crippen LogP contribution in [0.1, 0.15) is 16.7 Å². The SMILES string of the molecule is Cc1cccc(NC(=O)CN2C(=O)S/C(=C\c3ccccc3OCc3ccc4ccccc4c3)C2=O)c1. The first-order valence-electron chi connectivity index (χ1n) is 11.8. The van der Waals surface area contributed by atoms with Crippen molar-refractivity contribution in [3.05, 3.63) is 113 Å². The third-order valence-electron chi connectivity index (χ3n) is 5.89. The average molecular weight is 509 g/mol. The number of rotatable bonds is 7. The second-order valence-corrected chi connectivity index (χ2v) is 9.69. The molecule has 0 radical (unpaired) electrons. The zero-order valence-corrected chi connectivity index (χ0v) is 21.0. The molecular formula is C30H24N2O4S. The van der Waals surface area contributed by atoms with Gasteiger partial charge in [-0.25, -0.2) is 0 Å². The molecule has 0 atom stereocenters. The molecule has 6 nitrogen and oxygen atoms in total. The van der Waals surface area contributed by atoms with Gasteiger partial charge in [-0.2, -0.15) is 0 Å². The summed E-state index contributed by atoms with van der Waals surface area (Å²) in [6.45, 7) is 1.92.